The van der Waals surface area contributed by atoms with Gasteiger partial charge in [-0.15, -0.1) is 0 Å². The van der Waals surface area contributed by atoms with E-state index in [0.717, 1.165) is 18.9 Å². The summed E-state index contributed by atoms with van der Waals surface area (Å²) >= 11 is 0. The molecule has 1 aliphatic carbocycles. The highest BCUT2D eigenvalue weighted by atomic mass is 19.1. The van der Waals surface area contributed by atoms with E-state index in [1.807, 2.05) is 0 Å². The second-order valence-corrected chi connectivity index (χ2v) is 5.06. The molecule has 0 bridgehead atoms. The van der Waals surface area contributed by atoms with Gasteiger partial charge in [0, 0.05) is 11.7 Å². The predicted molar refractivity (Wildman–Crippen MR) is 72.6 cm³/mol. The normalized spacial score (nSPS) is 21.6. The van der Waals surface area contributed by atoms with Crippen molar-refractivity contribution in [3.63, 3.8) is 0 Å². The zero-order valence-corrected chi connectivity index (χ0v) is 11.2. The topological polar surface area (TPSA) is 64.3 Å². The molecule has 19 heavy (non-hydrogen) atoms. The van der Waals surface area contributed by atoms with Gasteiger partial charge in [-0.3, -0.25) is 0 Å². The molecule has 0 atom stereocenters. The van der Waals surface area contributed by atoms with Crippen molar-refractivity contribution in [1.82, 2.24) is 0 Å². The van der Waals surface area contributed by atoms with Crippen molar-refractivity contribution < 1.29 is 13.9 Å². The summed E-state index contributed by atoms with van der Waals surface area (Å²) in [6.07, 6.45) is 2.02. The highest BCUT2D eigenvalue weighted by molar-refractivity contribution is 5.96. The lowest BCUT2D eigenvalue weighted by Gasteiger charge is -2.34. The number of esters is 1. The maximum atomic E-state index is 13.8. The Hall–Kier alpha value is -1.78. The van der Waals surface area contributed by atoms with Crippen molar-refractivity contribution >= 4 is 17.3 Å². The van der Waals surface area contributed by atoms with E-state index in [1.165, 1.54) is 6.07 Å². The maximum absolute atomic E-state index is 13.8. The smallest absolute Gasteiger partial charge is 0.340 e. The van der Waals surface area contributed by atoms with Crippen LogP contribution >= 0.6 is 0 Å². The van der Waals surface area contributed by atoms with Crippen LogP contribution in [-0.4, -0.2) is 18.6 Å². The fraction of sp³-hybridized carbons (Fsp3) is 0.500. The van der Waals surface area contributed by atoms with Crippen molar-refractivity contribution in [2.24, 2.45) is 5.92 Å². The Balaban J connectivity index is 2.18. The van der Waals surface area contributed by atoms with Crippen molar-refractivity contribution in [3.8, 4) is 0 Å². The van der Waals surface area contributed by atoms with Gasteiger partial charge in [-0.1, -0.05) is 6.92 Å². The van der Waals surface area contributed by atoms with Crippen molar-refractivity contribution in [1.29, 1.82) is 0 Å². The van der Waals surface area contributed by atoms with E-state index in [9.17, 15) is 9.18 Å². The standard InChI is InChI=1S/C14H19FN2O2/c1-3-19-14(18)10-6-13(11(15)7-12(10)16)17-9-4-8(2)5-9/h6-9,17H,3-5,16H2,1-2H3. The highest BCUT2D eigenvalue weighted by Gasteiger charge is 2.26. The van der Waals surface area contributed by atoms with Gasteiger partial charge in [0.15, 0.2) is 0 Å². The molecule has 1 aromatic carbocycles. The lowest BCUT2D eigenvalue weighted by molar-refractivity contribution is 0.0527. The molecule has 0 radical (unpaired) electrons. The minimum absolute atomic E-state index is 0.100. The fourth-order valence-corrected chi connectivity index (χ4v) is 2.33. The molecule has 1 fully saturated rings. The maximum Gasteiger partial charge on any atom is 0.340 e. The number of nitrogen functional groups attached to an aromatic ring is 1. The lowest BCUT2D eigenvalue weighted by atomic mass is 9.82. The van der Waals surface area contributed by atoms with Crippen molar-refractivity contribution in [2.75, 3.05) is 17.7 Å². The average Bonchev–Trinajstić information content (AvgIpc) is 2.30. The molecule has 0 saturated heterocycles. The van der Waals surface area contributed by atoms with Gasteiger partial charge in [0.1, 0.15) is 5.82 Å². The first-order valence-corrected chi connectivity index (χ1v) is 6.54. The third kappa shape index (κ3) is 2.97. The zero-order chi connectivity index (χ0) is 14.0. The molecule has 1 aromatic rings. The van der Waals surface area contributed by atoms with Crippen LogP contribution in [0.15, 0.2) is 12.1 Å². The number of anilines is 2. The Morgan fingerprint density at radius 1 is 1.53 bits per heavy atom. The van der Waals surface area contributed by atoms with Gasteiger partial charge >= 0.3 is 5.97 Å². The number of carbonyl (C=O) groups excluding carboxylic acids is 1. The summed E-state index contributed by atoms with van der Waals surface area (Å²) in [5.41, 5.74) is 6.27. The average molecular weight is 266 g/mol. The first-order chi connectivity index (χ1) is 9.01. The Bertz CT molecular complexity index is 485. The molecular weight excluding hydrogens is 247 g/mol. The molecule has 0 spiro atoms. The van der Waals surface area contributed by atoms with E-state index in [0.29, 0.717) is 11.6 Å². The van der Waals surface area contributed by atoms with Crippen LogP contribution in [0.2, 0.25) is 0 Å². The summed E-state index contributed by atoms with van der Waals surface area (Å²) in [6.45, 7) is 4.13. The summed E-state index contributed by atoms with van der Waals surface area (Å²) in [7, 11) is 0. The molecule has 4 nitrogen and oxygen atoms in total. The number of nitrogens with two attached hydrogens (primary N) is 1. The Morgan fingerprint density at radius 2 is 2.21 bits per heavy atom. The van der Waals surface area contributed by atoms with Gasteiger partial charge in [-0.2, -0.15) is 0 Å². The number of nitrogens with one attached hydrogen (secondary N) is 1. The molecule has 5 heteroatoms. The van der Waals surface area contributed by atoms with Crippen LogP contribution in [0, 0.1) is 11.7 Å². The van der Waals surface area contributed by atoms with Gasteiger partial charge in [0.2, 0.25) is 0 Å². The van der Waals surface area contributed by atoms with Crippen LogP contribution in [0.25, 0.3) is 0 Å². The molecule has 0 heterocycles. The quantitative estimate of drug-likeness (QED) is 0.649. The number of hydrogen-bond donors (Lipinski definition) is 2. The van der Waals surface area contributed by atoms with Crippen LogP contribution in [-0.2, 0) is 4.74 Å². The number of hydrogen-bond acceptors (Lipinski definition) is 4. The summed E-state index contributed by atoms with van der Waals surface area (Å²) in [5, 5.41) is 3.10. The largest absolute Gasteiger partial charge is 0.462 e. The van der Waals surface area contributed by atoms with Gasteiger partial charge in [0.25, 0.3) is 0 Å². The SMILES string of the molecule is CCOC(=O)c1cc(NC2CC(C)C2)c(F)cc1N. The number of rotatable bonds is 4. The van der Waals surface area contributed by atoms with Crippen LogP contribution in [0.1, 0.15) is 37.0 Å². The molecule has 1 aliphatic rings. The van der Waals surface area contributed by atoms with Gasteiger partial charge in [-0.05, 0) is 37.8 Å². The number of benzene rings is 1. The van der Waals surface area contributed by atoms with E-state index < -0.39 is 11.8 Å². The van der Waals surface area contributed by atoms with Crippen molar-refractivity contribution in [2.45, 2.75) is 32.7 Å². The summed E-state index contributed by atoms with van der Waals surface area (Å²) in [5.74, 6) is -0.297. The lowest BCUT2D eigenvalue weighted by Crippen LogP contribution is -2.34. The van der Waals surface area contributed by atoms with E-state index in [4.69, 9.17) is 10.5 Å². The molecule has 1 saturated carbocycles. The molecule has 0 amide bonds. The second-order valence-electron chi connectivity index (χ2n) is 5.06. The Labute approximate surface area is 112 Å². The molecule has 2 rings (SSSR count). The zero-order valence-electron chi connectivity index (χ0n) is 11.2. The second kappa shape index (κ2) is 5.47. The Kier molecular flexibility index (Phi) is 3.93. The fourth-order valence-electron chi connectivity index (χ4n) is 2.33. The molecule has 3 N–H and O–H groups in total. The first-order valence-electron chi connectivity index (χ1n) is 6.54. The van der Waals surface area contributed by atoms with E-state index in [-0.39, 0.29) is 23.9 Å². The number of halogens is 1. The number of carbonyl (C=O) groups is 1. The summed E-state index contributed by atoms with van der Waals surface area (Å²) < 4.78 is 18.7. The predicted octanol–water partition coefficient (Wildman–Crippen LogP) is 2.79. The summed E-state index contributed by atoms with van der Waals surface area (Å²) in [4.78, 5) is 11.7. The third-order valence-electron chi connectivity index (χ3n) is 3.37. The molecule has 0 aromatic heterocycles. The highest BCUT2D eigenvalue weighted by Crippen LogP contribution is 2.31. The van der Waals surface area contributed by atoms with Crippen LogP contribution in [0.4, 0.5) is 15.8 Å². The van der Waals surface area contributed by atoms with Crippen LogP contribution < -0.4 is 11.1 Å². The minimum Gasteiger partial charge on any atom is -0.462 e. The third-order valence-corrected chi connectivity index (χ3v) is 3.37. The molecule has 0 unspecified atom stereocenters. The van der Waals surface area contributed by atoms with Gasteiger partial charge in [0.05, 0.1) is 17.9 Å². The van der Waals surface area contributed by atoms with Gasteiger partial charge < -0.3 is 15.8 Å². The molecule has 0 aliphatic heterocycles. The van der Waals surface area contributed by atoms with Crippen molar-refractivity contribution in [3.05, 3.63) is 23.5 Å². The molecule has 104 valence electrons. The Morgan fingerprint density at radius 3 is 2.79 bits per heavy atom. The molecular formula is C14H19FN2O2. The minimum atomic E-state index is -0.523. The first kappa shape index (κ1) is 13.6. The number of ether oxygens (including phenoxy) is 1. The van der Waals surface area contributed by atoms with E-state index in [2.05, 4.69) is 12.2 Å². The monoisotopic (exact) mass is 266 g/mol. The summed E-state index contributed by atoms with van der Waals surface area (Å²) in [6, 6.07) is 2.87. The van der Waals surface area contributed by atoms with Crippen LogP contribution in [0.3, 0.4) is 0 Å². The van der Waals surface area contributed by atoms with E-state index in [1.54, 1.807) is 6.92 Å². The van der Waals surface area contributed by atoms with E-state index >= 15 is 0 Å². The van der Waals surface area contributed by atoms with Crippen LogP contribution in [0.5, 0.6) is 0 Å². The van der Waals surface area contributed by atoms with Gasteiger partial charge in [-0.25, -0.2) is 9.18 Å².